The number of carbonyl (C=O) groups is 1. The lowest BCUT2D eigenvalue weighted by Gasteiger charge is -2.31. The quantitative estimate of drug-likeness (QED) is 0.648. The number of rotatable bonds is 10. The Morgan fingerprint density at radius 1 is 1.40 bits per heavy atom. The van der Waals surface area contributed by atoms with Crippen LogP contribution in [0, 0.1) is 0 Å². The molecular weight excluding hydrogens is 252 g/mol. The van der Waals surface area contributed by atoms with Gasteiger partial charge >= 0.3 is 5.97 Å². The second kappa shape index (κ2) is 8.63. The van der Waals surface area contributed by atoms with Gasteiger partial charge in [0.05, 0.1) is 0 Å². The first-order valence-electron chi connectivity index (χ1n) is 8.32. The Hall–Kier alpha value is -0.610. The Morgan fingerprint density at radius 3 is 2.70 bits per heavy atom. The van der Waals surface area contributed by atoms with Crippen LogP contribution in [0.1, 0.15) is 65.7 Å². The number of aliphatic carboxylic acids is 1. The predicted molar refractivity (Wildman–Crippen MR) is 83.1 cm³/mol. The van der Waals surface area contributed by atoms with Gasteiger partial charge in [0, 0.05) is 6.04 Å². The highest BCUT2D eigenvalue weighted by molar-refractivity contribution is 5.78. The molecule has 1 saturated heterocycles. The summed E-state index contributed by atoms with van der Waals surface area (Å²) in [5.74, 6) is -0.693. The van der Waals surface area contributed by atoms with Crippen LogP contribution in [0.2, 0.25) is 0 Å². The smallest absolute Gasteiger partial charge is 0.323 e. The largest absolute Gasteiger partial charge is 0.480 e. The van der Waals surface area contributed by atoms with Crippen molar-refractivity contribution in [2.45, 2.75) is 77.3 Å². The summed E-state index contributed by atoms with van der Waals surface area (Å²) < 4.78 is 0. The Morgan fingerprint density at radius 2 is 2.15 bits per heavy atom. The molecule has 0 aromatic carbocycles. The van der Waals surface area contributed by atoms with Crippen molar-refractivity contribution >= 4 is 5.97 Å². The molecular formula is C16H32N2O2. The van der Waals surface area contributed by atoms with Crippen LogP contribution >= 0.6 is 0 Å². The molecule has 4 heteroatoms. The molecule has 2 atom stereocenters. The second-order valence-corrected chi connectivity index (χ2v) is 6.01. The Kier molecular flexibility index (Phi) is 7.52. The number of hydrogen-bond donors (Lipinski definition) is 2. The number of nitrogens with one attached hydrogen (secondary N) is 1. The van der Waals surface area contributed by atoms with E-state index in [1.807, 2.05) is 6.92 Å². The van der Waals surface area contributed by atoms with Crippen molar-refractivity contribution < 1.29 is 9.90 Å². The van der Waals surface area contributed by atoms with E-state index in [4.69, 9.17) is 0 Å². The number of hydrogen-bond acceptors (Lipinski definition) is 3. The summed E-state index contributed by atoms with van der Waals surface area (Å²) in [5.41, 5.74) is -0.725. The van der Waals surface area contributed by atoms with Crippen LogP contribution < -0.4 is 5.32 Å². The summed E-state index contributed by atoms with van der Waals surface area (Å²) in [6.07, 6.45) is 7.14. The van der Waals surface area contributed by atoms with Gasteiger partial charge in [0.2, 0.25) is 0 Å². The van der Waals surface area contributed by atoms with Gasteiger partial charge in [-0.15, -0.1) is 0 Å². The molecule has 0 aromatic heterocycles. The zero-order valence-corrected chi connectivity index (χ0v) is 13.5. The lowest BCUT2D eigenvalue weighted by atomic mass is 9.90. The van der Waals surface area contributed by atoms with Crippen LogP contribution in [-0.4, -0.2) is 47.2 Å². The number of nitrogens with zero attached hydrogens (tertiary/aromatic N) is 1. The van der Waals surface area contributed by atoms with E-state index >= 15 is 0 Å². The third-order valence-corrected chi connectivity index (χ3v) is 4.75. The van der Waals surface area contributed by atoms with E-state index in [1.165, 1.54) is 25.8 Å². The highest BCUT2D eigenvalue weighted by Crippen LogP contribution is 2.23. The molecule has 4 nitrogen and oxygen atoms in total. The monoisotopic (exact) mass is 284 g/mol. The number of carboxylic acid groups (broad SMARTS) is 1. The van der Waals surface area contributed by atoms with Crippen LogP contribution in [0.5, 0.6) is 0 Å². The van der Waals surface area contributed by atoms with Gasteiger partial charge < -0.3 is 15.3 Å². The van der Waals surface area contributed by atoms with E-state index in [9.17, 15) is 9.90 Å². The van der Waals surface area contributed by atoms with Gasteiger partial charge in [0.25, 0.3) is 0 Å². The normalized spacial score (nSPS) is 22.9. The highest BCUT2D eigenvalue weighted by Gasteiger charge is 2.35. The maximum absolute atomic E-state index is 11.6. The lowest BCUT2D eigenvalue weighted by molar-refractivity contribution is -0.145. The third kappa shape index (κ3) is 4.45. The van der Waals surface area contributed by atoms with Crippen molar-refractivity contribution in [2.75, 3.05) is 19.6 Å². The van der Waals surface area contributed by atoms with E-state index in [0.717, 1.165) is 38.4 Å². The van der Waals surface area contributed by atoms with Crippen molar-refractivity contribution in [1.29, 1.82) is 0 Å². The zero-order chi connectivity index (χ0) is 15.0. The summed E-state index contributed by atoms with van der Waals surface area (Å²) in [6, 6.07) is 0.722. The van der Waals surface area contributed by atoms with Gasteiger partial charge in [-0.05, 0) is 64.6 Å². The average Bonchev–Trinajstić information content (AvgIpc) is 2.90. The third-order valence-electron chi connectivity index (χ3n) is 4.75. The molecule has 0 radical (unpaired) electrons. The molecule has 2 unspecified atom stereocenters. The molecule has 0 amide bonds. The summed E-state index contributed by atoms with van der Waals surface area (Å²) in [7, 11) is 0. The van der Waals surface area contributed by atoms with Gasteiger partial charge in [-0.3, -0.25) is 4.79 Å². The molecule has 2 N–H and O–H groups in total. The molecule has 0 aromatic rings. The van der Waals surface area contributed by atoms with Crippen LogP contribution in [0.3, 0.4) is 0 Å². The Bertz CT molecular complexity index is 296. The van der Waals surface area contributed by atoms with Crippen molar-refractivity contribution in [3.63, 3.8) is 0 Å². The molecule has 20 heavy (non-hydrogen) atoms. The van der Waals surface area contributed by atoms with Gasteiger partial charge in [-0.2, -0.15) is 0 Å². The first kappa shape index (κ1) is 17.4. The van der Waals surface area contributed by atoms with Crippen LogP contribution in [0.15, 0.2) is 0 Å². The van der Waals surface area contributed by atoms with Crippen molar-refractivity contribution in [3.8, 4) is 0 Å². The molecule has 1 fully saturated rings. The SMILES string of the molecule is CCCNC(CC)(CCCN1CCCC1CC)C(=O)O. The molecule has 0 saturated carbocycles. The zero-order valence-electron chi connectivity index (χ0n) is 13.5. The minimum absolute atomic E-state index is 0.652. The molecule has 1 aliphatic rings. The molecule has 1 aliphatic heterocycles. The fourth-order valence-electron chi connectivity index (χ4n) is 3.32. The van der Waals surface area contributed by atoms with Crippen molar-refractivity contribution in [3.05, 3.63) is 0 Å². The topological polar surface area (TPSA) is 52.6 Å². The van der Waals surface area contributed by atoms with E-state index in [0.29, 0.717) is 6.42 Å². The first-order valence-corrected chi connectivity index (χ1v) is 8.32. The first-order chi connectivity index (χ1) is 9.59. The summed E-state index contributed by atoms with van der Waals surface area (Å²) in [6.45, 7) is 9.31. The summed E-state index contributed by atoms with van der Waals surface area (Å²) in [5, 5.41) is 12.8. The minimum atomic E-state index is -0.725. The molecule has 0 bridgehead atoms. The lowest BCUT2D eigenvalue weighted by Crippen LogP contribution is -2.52. The van der Waals surface area contributed by atoms with Gasteiger partial charge in [-0.1, -0.05) is 20.8 Å². The minimum Gasteiger partial charge on any atom is -0.480 e. The van der Waals surface area contributed by atoms with E-state index < -0.39 is 11.5 Å². The summed E-state index contributed by atoms with van der Waals surface area (Å²) >= 11 is 0. The second-order valence-electron chi connectivity index (χ2n) is 6.01. The molecule has 0 aliphatic carbocycles. The predicted octanol–water partition coefficient (Wildman–Crippen LogP) is 2.87. The maximum Gasteiger partial charge on any atom is 0.323 e. The van der Waals surface area contributed by atoms with E-state index in [1.54, 1.807) is 0 Å². The Labute approximate surface area is 123 Å². The molecule has 1 heterocycles. The fourth-order valence-corrected chi connectivity index (χ4v) is 3.32. The number of likely N-dealkylation sites (tertiary alicyclic amines) is 1. The van der Waals surface area contributed by atoms with Crippen LogP contribution in [-0.2, 0) is 4.79 Å². The van der Waals surface area contributed by atoms with Crippen LogP contribution in [0.4, 0.5) is 0 Å². The average molecular weight is 284 g/mol. The molecule has 1 rings (SSSR count). The van der Waals surface area contributed by atoms with Crippen LogP contribution in [0.25, 0.3) is 0 Å². The number of carboxylic acids is 1. The van der Waals surface area contributed by atoms with Crippen molar-refractivity contribution in [1.82, 2.24) is 10.2 Å². The summed E-state index contributed by atoms with van der Waals surface area (Å²) in [4.78, 5) is 14.2. The molecule has 0 spiro atoms. The van der Waals surface area contributed by atoms with Gasteiger partial charge in [-0.25, -0.2) is 0 Å². The maximum atomic E-state index is 11.6. The van der Waals surface area contributed by atoms with E-state index in [-0.39, 0.29) is 0 Å². The fraction of sp³-hybridized carbons (Fsp3) is 0.938. The molecule has 118 valence electrons. The van der Waals surface area contributed by atoms with Crippen molar-refractivity contribution in [2.24, 2.45) is 0 Å². The van der Waals surface area contributed by atoms with E-state index in [2.05, 4.69) is 24.1 Å². The standard InChI is InChI=1S/C16H32N2O2/c1-4-11-17-16(6-3,15(19)20)10-8-13-18-12-7-9-14(18)5-2/h14,17H,4-13H2,1-3H3,(H,19,20). The highest BCUT2D eigenvalue weighted by atomic mass is 16.4. The van der Waals surface area contributed by atoms with Gasteiger partial charge in [0.15, 0.2) is 0 Å². The van der Waals surface area contributed by atoms with Gasteiger partial charge in [0.1, 0.15) is 5.54 Å². The Balaban J connectivity index is 2.47.